The van der Waals surface area contributed by atoms with Crippen molar-refractivity contribution in [3.63, 3.8) is 0 Å². The van der Waals surface area contributed by atoms with E-state index < -0.39 is 5.97 Å². The van der Waals surface area contributed by atoms with Crippen molar-refractivity contribution in [2.24, 2.45) is 0 Å². The van der Waals surface area contributed by atoms with Gasteiger partial charge in [-0.1, -0.05) is 60.7 Å². The second-order valence-corrected chi connectivity index (χ2v) is 6.52. The number of amides is 1. The molecule has 1 aromatic heterocycles. The SMILES string of the molecule is O=C(COC(=O)Cc1coc2ccc3ccccc3c12)NCc1ccccc1. The fourth-order valence-electron chi connectivity index (χ4n) is 3.20. The van der Waals surface area contributed by atoms with Gasteiger partial charge in [-0.2, -0.15) is 0 Å². The van der Waals surface area contributed by atoms with Crippen LogP contribution in [-0.4, -0.2) is 18.5 Å². The van der Waals surface area contributed by atoms with Crippen LogP contribution < -0.4 is 5.32 Å². The molecule has 0 aliphatic heterocycles. The number of fused-ring (bicyclic) bond motifs is 3. The number of carbonyl (C=O) groups is 2. The number of hydrogen-bond donors (Lipinski definition) is 1. The molecule has 4 aromatic rings. The molecular weight excluding hydrogens is 354 g/mol. The Bertz CT molecular complexity index is 1130. The molecule has 28 heavy (non-hydrogen) atoms. The maximum absolute atomic E-state index is 12.2. The third-order valence-electron chi connectivity index (χ3n) is 4.57. The zero-order chi connectivity index (χ0) is 19.3. The topological polar surface area (TPSA) is 68.5 Å². The predicted octanol–water partition coefficient (Wildman–Crippen LogP) is 3.99. The Labute approximate surface area is 161 Å². The standard InChI is InChI=1S/C23H19NO4/c25-21(24-13-16-6-2-1-3-7-16)15-28-22(26)12-18-14-27-20-11-10-17-8-4-5-9-19(17)23(18)20/h1-11,14H,12-13,15H2,(H,24,25). The summed E-state index contributed by atoms with van der Waals surface area (Å²) < 4.78 is 10.7. The van der Waals surface area contributed by atoms with Crippen molar-refractivity contribution in [1.82, 2.24) is 5.32 Å². The molecule has 140 valence electrons. The first-order valence-corrected chi connectivity index (χ1v) is 9.05. The van der Waals surface area contributed by atoms with Crippen LogP contribution in [0.15, 0.2) is 77.4 Å². The van der Waals surface area contributed by atoms with E-state index in [0.29, 0.717) is 6.54 Å². The molecule has 0 atom stereocenters. The van der Waals surface area contributed by atoms with E-state index in [4.69, 9.17) is 9.15 Å². The van der Waals surface area contributed by atoms with Crippen LogP contribution in [-0.2, 0) is 27.3 Å². The Morgan fingerprint density at radius 3 is 2.57 bits per heavy atom. The van der Waals surface area contributed by atoms with E-state index in [-0.39, 0.29) is 18.9 Å². The summed E-state index contributed by atoms with van der Waals surface area (Å²) in [5.41, 5.74) is 2.46. The number of furan rings is 1. The lowest BCUT2D eigenvalue weighted by molar-refractivity contribution is -0.147. The number of benzene rings is 3. The van der Waals surface area contributed by atoms with Crippen LogP contribution in [0.25, 0.3) is 21.7 Å². The van der Waals surface area contributed by atoms with Gasteiger partial charge in [0.05, 0.1) is 12.7 Å². The summed E-state index contributed by atoms with van der Waals surface area (Å²) in [7, 11) is 0. The average Bonchev–Trinajstić information content (AvgIpc) is 3.14. The highest BCUT2D eigenvalue weighted by molar-refractivity contribution is 6.08. The predicted molar refractivity (Wildman–Crippen MR) is 107 cm³/mol. The number of esters is 1. The highest BCUT2D eigenvalue weighted by Gasteiger charge is 2.15. The van der Waals surface area contributed by atoms with Crippen LogP contribution in [0.1, 0.15) is 11.1 Å². The van der Waals surface area contributed by atoms with Crippen LogP contribution >= 0.6 is 0 Å². The first-order valence-electron chi connectivity index (χ1n) is 9.05. The summed E-state index contributed by atoms with van der Waals surface area (Å²) in [6.45, 7) is 0.0950. The molecule has 0 fully saturated rings. The molecule has 1 N–H and O–H groups in total. The molecule has 5 nitrogen and oxygen atoms in total. The lowest BCUT2D eigenvalue weighted by atomic mass is 10.0. The molecule has 0 radical (unpaired) electrons. The normalized spacial score (nSPS) is 10.9. The van der Waals surface area contributed by atoms with Gasteiger partial charge in [0.25, 0.3) is 5.91 Å². The van der Waals surface area contributed by atoms with Gasteiger partial charge in [0, 0.05) is 17.5 Å². The van der Waals surface area contributed by atoms with Crippen LogP contribution in [0.3, 0.4) is 0 Å². The van der Waals surface area contributed by atoms with Gasteiger partial charge in [-0.05, 0) is 22.4 Å². The van der Waals surface area contributed by atoms with Crippen LogP contribution in [0.4, 0.5) is 0 Å². The largest absolute Gasteiger partial charge is 0.464 e. The van der Waals surface area contributed by atoms with Gasteiger partial charge in [0.15, 0.2) is 6.61 Å². The second kappa shape index (κ2) is 7.96. The highest BCUT2D eigenvalue weighted by Crippen LogP contribution is 2.30. The minimum atomic E-state index is -0.467. The van der Waals surface area contributed by atoms with E-state index in [1.807, 2.05) is 66.7 Å². The lowest BCUT2D eigenvalue weighted by Crippen LogP contribution is -2.28. The summed E-state index contributed by atoms with van der Waals surface area (Å²) in [5.74, 6) is -0.801. The van der Waals surface area contributed by atoms with Crippen molar-refractivity contribution in [3.05, 3.63) is 84.1 Å². The Balaban J connectivity index is 1.37. The number of hydrogen-bond acceptors (Lipinski definition) is 4. The van der Waals surface area contributed by atoms with Crippen molar-refractivity contribution < 1.29 is 18.7 Å². The highest BCUT2D eigenvalue weighted by atomic mass is 16.5. The molecule has 0 aliphatic carbocycles. The quantitative estimate of drug-likeness (QED) is 0.519. The summed E-state index contributed by atoms with van der Waals surface area (Å²) in [5, 5.41) is 5.74. The summed E-state index contributed by atoms with van der Waals surface area (Å²) >= 11 is 0. The molecule has 0 aliphatic rings. The number of ether oxygens (including phenoxy) is 1. The third kappa shape index (κ3) is 3.88. The zero-order valence-electron chi connectivity index (χ0n) is 15.2. The van der Waals surface area contributed by atoms with Gasteiger partial charge in [-0.25, -0.2) is 0 Å². The van der Waals surface area contributed by atoms with Gasteiger partial charge in [0.1, 0.15) is 5.58 Å². The maximum Gasteiger partial charge on any atom is 0.310 e. The van der Waals surface area contributed by atoms with E-state index >= 15 is 0 Å². The first kappa shape index (κ1) is 17.8. The second-order valence-electron chi connectivity index (χ2n) is 6.52. The molecular formula is C23H19NO4. The monoisotopic (exact) mass is 373 g/mol. The van der Waals surface area contributed by atoms with E-state index in [0.717, 1.165) is 32.9 Å². The minimum absolute atomic E-state index is 0.0486. The molecule has 4 rings (SSSR count). The molecule has 1 amide bonds. The number of rotatable bonds is 6. The Hall–Kier alpha value is -3.60. The Morgan fingerprint density at radius 1 is 0.929 bits per heavy atom. The maximum atomic E-state index is 12.2. The van der Waals surface area contributed by atoms with E-state index in [1.165, 1.54) is 0 Å². The van der Waals surface area contributed by atoms with Crippen LogP contribution in [0.5, 0.6) is 0 Å². The number of nitrogens with one attached hydrogen (secondary N) is 1. The fraction of sp³-hybridized carbons (Fsp3) is 0.130. The smallest absolute Gasteiger partial charge is 0.310 e. The number of carbonyl (C=O) groups excluding carboxylic acids is 2. The summed E-state index contributed by atoms with van der Waals surface area (Å²) in [6.07, 6.45) is 1.63. The van der Waals surface area contributed by atoms with Crippen molar-refractivity contribution >= 4 is 33.6 Å². The fourth-order valence-corrected chi connectivity index (χ4v) is 3.20. The molecule has 0 saturated heterocycles. The Morgan fingerprint density at radius 2 is 1.71 bits per heavy atom. The molecule has 0 saturated carbocycles. The van der Waals surface area contributed by atoms with Crippen molar-refractivity contribution in [3.8, 4) is 0 Å². The van der Waals surface area contributed by atoms with Gasteiger partial charge in [-0.15, -0.1) is 0 Å². The zero-order valence-corrected chi connectivity index (χ0v) is 15.2. The van der Waals surface area contributed by atoms with Crippen LogP contribution in [0, 0.1) is 0 Å². The molecule has 1 heterocycles. The summed E-state index contributed by atoms with van der Waals surface area (Å²) in [6, 6.07) is 21.4. The van der Waals surface area contributed by atoms with E-state index in [9.17, 15) is 9.59 Å². The average molecular weight is 373 g/mol. The van der Waals surface area contributed by atoms with Crippen molar-refractivity contribution in [1.29, 1.82) is 0 Å². The van der Waals surface area contributed by atoms with Gasteiger partial charge in [-0.3, -0.25) is 9.59 Å². The molecule has 3 aromatic carbocycles. The van der Waals surface area contributed by atoms with E-state index in [2.05, 4.69) is 5.32 Å². The van der Waals surface area contributed by atoms with Gasteiger partial charge in [0.2, 0.25) is 0 Å². The molecule has 5 heteroatoms. The third-order valence-corrected chi connectivity index (χ3v) is 4.57. The summed E-state index contributed by atoms with van der Waals surface area (Å²) in [4.78, 5) is 24.1. The first-order chi connectivity index (χ1) is 13.7. The van der Waals surface area contributed by atoms with Crippen molar-refractivity contribution in [2.45, 2.75) is 13.0 Å². The van der Waals surface area contributed by atoms with Gasteiger partial charge >= 0.3 is 5.97 Å². The lowest BCUT2D eigenvalue weighted by Gasteiger charge is -2.07. The molecule has 0 spiro atoms. The Kier molecular flexibility index (Phi) is 5.06. The van der Waals surface area contributed by atoms with Crippen LogP contribution in [0.2, 0.25) is 0 Å². The minimum Gasteiger partial charge on any atom is -0.464 e. The van der Waals surface area contributed by atoms with Gasteiger partial charge < -0.3 is 14.5 Å². The van der Waals surface area contributed by atoms with E-state index in [1.54, 1.807) is 6.26 Å². The molecule has 0 bridgehead atoms. The molecule has 0 unspecified atom stereocenters. The van der Waals surface area contributed by atoms with Crippen molar-refractivity contribution in [2.75, 3.05) is 6.61 Å².